The fourth-order valence-corrected chi connectivity index (χ4v) is 3.91. The Balaban J connectivity index is 1.48. The number of amides is 1. The minimum Gasteiger partial charge on any atom is -0.493 e. The van der Waals surface area contributed by atoms with Crippen molar-refractivity contribution in [3.63, 3.8) is 0 Å². The summed E-state index contributed by atoms with van der Waals surface area (Å²) in [5.41, 5.74) is 2.19. The highest BCUT2D eigenvalue weighted by Gasteiger charge is 2.24. The van der Waals surface area contributed by atoms with Crippen LogP contribution in [-0.2, 0) is 11.4 Å². The van der Waals surface area contributed by atoms with E-state index >= 15 is 0 Å². The lowest BCUT2D eigenvalue weighted by atomic mass is 10.1. The molecule has 1 fully saturated rings. The summed E-state index contributed by atoms with van der Waals surface area (Å²) < 4.78 is 11.2. The van der Waals surface area contributed by atoms with Crippen molar-refractivity contribution >= 4 is 40.3 Å². The molecule has 8 nitrogen and oxygen atoms in total. The Labute approximate surface area is 194 Å². The number of carbonyl (C=O) groups is 1. The van der Waals surface area contributed by atoms with Gasteiger partial charge in [0.15, 0.2) is 16.7 Å². The molecule has 0 radical (unpaired) electrons. The molecule has 0 atom stereocenters. The van der Waals surface area contributed by atoms with E-state index in [1.54, 1.807) is 36.4 Å². The zero-order valence-electron chi connectivity index (χ0n) is 17.6. The predicted molar refractivity (Wildman–Crippen MR) is 128 cm³/mol. The summed E-state index contributed by atoms with van der Waals surface area (Å²) in [6, 6.07) is 20.9. The van der Waals surface area contributed by atoms with E-state index in [9.17, 15) is 14.9 Å². The van der Waals surface area contributed by atoms with Crippen LogP contribution in [0.5, 0.6) is 11.5 Å². The number of benzene rings is 3. The number of amidine groups is 1. The Hall–Kier alpha value is -4.11. The van der Waals surface area contributed by atoms with Gasteiger partial charge >= 0.3 is 0 Å². The molecule has 0 aromatic heterocycles. The Morgan fingerprint density at radius 2 is 1.88 bits per heavy atom. The maximum Gasteiger partial charge on any atom is 0.269 e. The van der Waals surface area contributed by atoms with Gasteiger partial charge in [0.1, 0.15) is 6.61 Å². The standard InChI is InChI=1S/C24H19N3O5S/c1-31-21-13-16(10-11-20(21)32-15-17-6-5-9-19(12-17)27(29)30)14-22-23(28)26-24(33-22)25-18-7-3-2-4-8-18/h2-14H,15H2,1H3,(H,25,26,28)/b22-14+. The first-order valence-electron chi connectivity index (χ1n) is 9.90. The minimum absolute atomic E-state index is 0.00699. The number of hydrogen-bond donors (Lipinski definition) is 1. The lowest BCUT2D eigenvalue weighted by Gasteiger charge is -2.11. The Morgan fingerprint density at radius 3 is 2.64 bits per heavy atom. The molecule has 1 heterocycles. The summed E-state index contributed by atoms with van der Waals surface area (Å²) in [4.78, 5) is 27.8. The van der Waals surface area contributed by atoms with E-state index in [1.807, 2.05) is 30.3 Å². The fraction of sp³-hybridized carbons (Fsp3) is 0.0833. The van der Waals surface area contributed by atoms with Crippen LogP contribution in [0.25, 0.3) is 6.08 Å². The molecule has 0 aliphatic carbocycles. The number of methoxy groups -OCH3 is 1. The first-order chi connectivity index (χ1) is 16.0. The number of carbonyl (C=O) groups excluding carboxylic acids is 1. The molecular formula is C24H19N3O5S. The average Bonchev–Trinajstić information content (AvgIpc) is 3.17. The molecule has 0 saturated carbocycles. The third-order valence-electron chi connectivity index (χ3n) is 4.64. The molecule has 3 aromatic rings. The highest BCUT2D eigenvalue weighted by Crippen LogP contribution is 2.32. The van der Waals surface area contributed by atoms with E-state index in [2.05, 4.69) is 10.3 Å². The molecule has 166 valence electrons. The molecule has 3 aromatic carbocycles. The third-order valence-corrected chi connectivity index (χ3v) is 5.55. The molecule has 4 rings (SSSR count). The number of aliphatic imine (C=N–C) groups is 1. The first kappa shape index (κ1) is 22.1. The molecular weight excluding hydrogens is 442 g/mol. The van der Waals surface area contributed by atoms with E-state index in [4.69, 9.17) is 9.47 Å². The second-order valence-corrected chi connectivity index (χ2v) is 7.97. The molecule has 0 bridgehead atoms. The molecule has 1 N–H and O–H groups in total. The lowest BCUT2D eigenvalue weighted by Crippen LogP contribution is -2.19. The van der Waals surface area contributed by atoms with Crippen LogP contribution in [0.15, 0.2) is 82.7 Å². The van der Waals surface area contributed by atoms with Gasteiger partial charge in [0.2, 0.25) is 0 Å². The molecule has 1 amide bonds. The molecule has 1 saturated heterocycles. The second-order valence-electron chi connectivity index (χ2n) is 6.94. The summed E-state index contributed by atoms with van der Waals surface area (Å²) in [6.45, 7) is 0.149. The zero-order valence-corrected chi connectivity index (χ0v) is 18.4. The van der Waals surface area contributed by atoms with E-state index in [0.717, 1.165) is 11.3 Å². The maximum atomic E-state index is 12.4. The third kappa shape index (κ3) is 5.58. The van der Waals surface area contributed by atoms with E-state index in [0.29, 0.717) is 27.1 Å². The van der Waals surface area contributed by atoms with Crippen molar-refractivity contribution in [2.45, 2.75) is 6.61 Å². The van der Waals surface area contributed by atoms with E-state index in [-0.39, 0.29) is 18.2 Å². The van der Waals surface area contributed by atoms with Gasteiger partial charge in [-0.25, -0.2) is 4.99 Å². The molecule has 9 heteroatoms. The van der Waals surface area contributed by atoms with Crippen molar-refractivity contribution in [3.05, 3.63) is 98.9 Å². The fourth-order valence-electron chi connectivity index (χ4n) is 3.07. The molecule has 33 heavy (non-hydrogen) atoms. The van der Waals surface area contributed by atoms with Crippen LogP contribution in [0.3, 0.4) is 0 Å². The van der Waals surface area contributed by atoms with Crippen molar-refractivity contribution in [1.82, 2.24) is 5.32 Å². The normalized spacial score (nSPS) is 15.5. The van der Waals surface area contributed by atoms with Gasteiger partial charge in [-0.3, -0.25) is 14.9 Å². The van der Waals surface area contributed by atoms with Gasteiger partial charge in [-0.05, 0) is 53.2 Å². The van der Waals surface area contributed by atoms with Crippen molar-refractivity contribution in [1.29, 1.82) is 0 Å². The number of nitrogens with zero attached hydrogens (tertiary/aromatic N) is 2. The molecule has 0 unspecified atom stereocenters. The number of nitrogens with one attached hydrogen (secondary N) is 1. The molecule has 1 aliphatic heterocycles. The van der Waals surface area contributed by atoms with Crippen LogP contribution in [-0.4, -0.2) is 23.1 Å². The summed E-state index contributed by atoms with van der Waals surface area (Å²) in [6.07, 6.45) is 1.75. The lowest BCUT2D eigenvalue weighted by molar-refractivity contribution is -0.384. The first-order valence-corrected chi connectivity index (χ1v) is 10.7. The monoisotopic (exact) mass is 461 g/mol. The Kier molecular flexibility index (Phi) is 6.70. The van der Waals surface area contributed by atoms with Crippen LogP contribution >= 0.6 is 11.8 Å². The highest BCUT2D eigenvalue weighted by molar-refractivity contribution is 8.18. The SMILES string of the molecule is COc1cc(/C=C2/SC(=Nc3ccccc3)NC2=O)ccc1OCc1cccc([N+](=O)[O-])c1. The van der Waals surface area contributed by atoms with Gasteiger partial charge in [0.05, 0.1) is 22.6 Å². The van der Waals surface area contributed by atoms with Gasteiger partial charge in [-0.2, -0.15) is 0 Å². The summed E-state index contributed by atoms with van der Waals surface area (Å²) >= 11 is 1.26. The van der Waals surface area contributed by atoms with E-state index < -0.39 is 4.92 Å². The molecule has 1 aliphatic rings. The van der Waals surface area contributed by atoms with E-state index in [1.165, 1.54) is 31.0 Å². The van der Waals surface area contributed by atoms with Gasteiger partial charge in [0, 0.05) is 12.1 Å². The van der Waals surface area contributed by atoms with Crippen LogP contribution in [0.4, 0.5) is 11.4 Å². The van der Waals surface area contributed by atoms with Crippen LogP contribution in [0.2, 0.25) is 0 Å². The van der Waals surface area contributed by atoms with Crippen LogP contribution in [0, 0.1) is 10.1 Å². The smallest absolute Gasteiger partial charge is 0.269 e. The number of nitro groups is 1. The topological polar surface area (TPSA) is 103 Å². The van der Waals surface area contributed by atoms with Crippen molar-refractivity contribution in [2.75, 3.05) is 7.11 Å². The number of rotatable bonds is 7. The Morgan fingerprint density at radius 1 is 1.06 bits per heavy atom. The van der Waals surface area contributed by atoms with Gasteiger partial charge in [-0.15, -0.1) is 0 Å². The largest absolute Gasteiger partial charge is 0.493 e. The number of hydrogen-bond acceptors (Lipinski definition) is 7. The van der Waals surface area contributed by atoms with Crippen molar-refractivity contribution in [3.8, 4) is 11.5 Å². The van der Waals surface area contributed by atoms with Crippen molar-refractivity contribution < 1.29 is 19.2 Å². The molecule has 0 spiro atoms. The minimum atomic E-state index is -0.445. The van der Waals surface area contributed by atoms with Crippen molar-refractivity contribution in [2.24, 2.45) is 4.99 Å². The number of thioether (sulfide) groups is 1. The van der Waals surface area contributed by atoms with Gasteiger partial charge in [-0.1, -0.05) is 36.4 Å². The number of non-ortho nitro benzene ring substituents is 1. The zero-order chi connectivity index (χ0) is 23.2. The van der Waals surface area contributed by atoms with Crippen LogP contribution in [0.1, 0.15) is 11.1 Å². The maximum absolute atomic E-state index is 12.4. The summed E-state index contributed by atoms with van der Waals surface area (Å²) in [5.74, 6) is 0.747. The summed E-state index contributed by atoms with van der Waals surface area (Å²) in [5, 5.41) is 14.2. The summed E-state index contributed by atoms with van der Waals surface area (Å²) in [7, 11) is 1.52. The second kappa shape index (κ2) is 10.0. The number of ether oxygens (including phenoxy) is 2. The highest BCUT2D eigenvalue weighted by atomic mass is 32.2. The van der Waals surface area contributed by atoms with Gasteiger partial charge < -0.3 is 14.8 Å². The van der Waals surface area contributed by atoms with Crippen LogP contribution < -0.4 is 14.8 Å². The predicted octanol–water partition coefficient (Wildman–Crippen LogP) is 5.07. The van der Waals surface area contributed by atoms with Gasteiger partial charge in [0.25, 0.3) is 11.6 Å². The Bertz CT molecular complexity index is 1260. The number of nitro benzene ring substituents is 1. The average molecular weight is 461 g/mol. The quantitative estimate of drug-likeness (QED) is 0.299. The number of para-hydroxylation sites is 1.